The van der Waals surface area contributed by atoms with Crippen LogP contribution >= 0.6 is 0 Å². The number of fused-ring (bicyclic) bond motifs is 9. The van der Waals surface area contributed by atoms with Crippen molar-refractivity contribution in [3.05, 3.63) is 222 Å². The molecule has 0 atom stereocenters. The molecule has 4 nitrogen and oxygen atoms in total. The fourth-order valence-electron chi connectivity index (χ4n) is 12.5. The van der Waals surface area contributed by atoms with E-state index in [1.54, 1.807) is 0 Å². The van der Waals surface area contributed by atoms with Crippen LogP contribution in [0.3, 0.4) is 0 Å². The van der Waals surface area contributed by atoms with Gasteiger partial charge in [-0.05, 0) is 152 Å². The van der Waals surface area contributed by atoms with Gasteiger partial charge in [0.25, 0.3) is 6.71 Å². The highest BCUT2D eigenvalue weighted by molar-refractivity contribution is 6.99. The molecular formula is C62H37BN2O2. The lowest BCUT2D eigenvalue weighted by molar-refractivity contribution is 0.463. The summed E-state index contributed by atoms with van der Waals surface area (Å²) in [5.74, 6) is 3.70. The summed E-state index contributed by atoms with van der Waals surface area (Å²) in [4.78, 5) is 0. The molecule has 5 heteroatoms. The van der Waals surface area contributed by atoms with Gasteiger partial charge < -0.3 is 18.6 Å². The Morgan fingerprint density at radius 3 is 1.55 bits per heavy atom. The zero-order valence-corrected chi connectivity index (χ0v) is 36.3. The van der Waals surface area contributed by atoms with E-state index >= 15 is 0 Å². The van der Waals surface area contributed by atoms with Gasteiger partial charge in [0, 0.05) is 39.1 Å². The standard InChI is InChI=1S/C62H37BN2O2/c1-2-14-41(15-3-1)64-51-21-6-4-16-45(51)48-31-36(26-28-54(48)64)37-27-29-55-49(32-37)46-17-5-7-22-52(46)65(55)53-23-11-20-44-43-19-10-18-42(47(43)35-50(44)53)40-33-58-62-59(34-40)67-57-25-9-13-39-30-38-12-8-24-56(66-58)60(38)63(62)61(39)57/h1-29,31-34H,30,35H2. The summed E-state index contributed by atoms with van der Waals surface area (Å²) in [6, 6.07) is 73.6. The van der Waals surface area contributed by atoms with Gasteiger partial charge in [0.2, 0.25) is 0 Å². The molecular weight excluding hydrogens is 816 g/mol. The molecule has 1 aliphatic carbocycles. The molecule has 5 heterocycles. The van der Waals surface area contributed by atoms with Gasteiger partial charge in [0.15, 0.2) is 0 Å². The molecule has 0 N–H and O–H groups in total. The Morgan fingerprint density at radius 2 is 0.881 bits per heavy atom. The summed E-state index contributed by atoms with van der Waals surface area (Å²) in [6.45, 7) is 0.111. The molecule has 3 aliphatic heterocycles. The predicted molar refractivity (Wildman–Crippen MR) is 275 cm³/mol. The van der Waals surface area contributed by atoms with E-state index in [0.717, 1.165) is 46.9 Å². The summed E-state index contributed by atoms with van der Waals surface area (Å²) in [7, 11) is 0. The molecule has 0 spiro atoms. The van der Waals surface area contributed by atoms with E-state index in [1.165, 1.54) is 116 Å². The van der Waals surface area contributed by atoms with Crippen molar-refractivity contribution in [2.75, 3.05) is 0 Å². The monoisotopic (exact) mass is 852 g/mol. The third kappa shape index (κ3) is 4.82. The van der Waals surface area contributed by atoms with E-state index in [0.29, 0.717) is 0 Å². The first-order valence-corrected chi connectivity index (χ1v) is 23.4. The minimum atomic E-state index is 0.111. The lowest BCUT2D eigenvalue weighted by Gasteiger charge is -2.38. The highest BCUT2D eigenvalue weighted by Gasteiger charge is 2.45. The average molecular weight is 853 g/mol. The number of ether oxygens (including phenoxy) is 2. The van der Waals surface area contributed by atoms with Gasteiger partial charge in [-0.25, -0.2) is 0 Å². The normalized spacial score (nSPS) is 13.5. The van der Waals surface area contributed by atoms with E-state index in [9.17, 15) is 0 Å². The van der Waals surface area contributed by atoms with Gasteiger partial charge in [-0.2, -0.15) is 0 Å². The second kappa shape index (κ2) is 13.1. The van der Waals surface area contributed by atoms with Crippen LogP contribution in [0.1, 0.15) is 22.3 Å². The zero-order valence-electron chi connectivity index (χ0n) is 36.3. The third-order valence-corrected chi connectivity index (χ3v) is 15.3. The second-order valence-electron chi connectivity index (χ2n) is 18.7. The molecule has 12 aromatic rings. The highest BCUT2D eigenvalue weighted by atomic mass is 16.5. The molecule has 0 saturated heterocycles. The topological polar surface area (TPSA) is 28.3 Å². The SMILES string of the molecule is c1ccc(-n2c3ccccc3c3cc(-c4ccc5c(c4)c4ccccc4n5-c4cccc5c4Cc4c(-c6cc7c8c(c6)Oc6cccc9c6B8c6c(cccc6O7)C9)cccc4-5)ccc32)cc1. The lowest BCUT2D eigenvalue weighted by atomic mass is 9.31. The molecule has 0 fully saturated rings. The van der Waals surface area contributed by atoms with Gasteiger partial charge in [0.05, 0.1) is 27.8 Å². The van der Waals surface area contributed by atoms with Crippen LogP contribution in [0.2, 0.25) is 0 Å². The smallest absolute Gasteiger partial charge is 0.261 e. The molecule has 0 radical (unpaired) electrons. The summed E-state index contributed by atoms with van der Waals surface area (Å²) >= 11 is 0. The van der Waals surface area contributed by atoms with Crippen molar-refractivity contribution in [2.24, 2.45) is 0 Å². The Bertz CT molecular complexity index is 4100. The Balaban J connectivity index is 0.816. The van der Waals surface area contributed by atoms with Crippen molar-refractivity contribution in [1.82, 2.24) is 9.13 Å². The van der Waals surface area contributed by atoms with Crippen LogP contribution < -0.4 is 25.9 Å². The minimum Gasteiger partial charge on any atom is -0.458 e. The van der Waals surface area contributed by atoms with Crippen LogP contribution in [-0.2, 0) is 12.8 Å². The average Bonchev–Trinajstić information content (AvgIpc) is 4.04. The van der Waals surface area contributed by atoms with Crippen molar-refractivity contribution in [3.8, 4) is 67.8 Å². The molecule has 16 rings (SSSR count). The van der Waals surface area contributed by atoms with Crippen LogP contribution in [0, 0.1) is 0 Å². The maximum atomic E-state index is 6.85. The molecule has 4 aliphatic rings. The van der Waals surface area contributed by atoms with Gasteiger partial charge in [-0.3, -0.25) is 0 Å². The number of hydrogen-bond donors (Lipinski definition) is 0. The number of aromatic nitrogens is 2. The van der Waals surface area contributed by atoms with Crippen molar-refractivity contribution in [3.63, 3.8) is 0 Å². The maximum Gasteiger partial charge on any atom is 0.261 e. The fourth-order valence-corrected chi connectivity index (χ4v) is 12.5. The van der Waals surface area contributed by atoms with Crippen molar-refractivity contribution in [2.45, 2.75) is 12.8 Å². The van der Waals surface area contributed by atoms with Gasteiger partial charge in [-0.15, -0.1) is 0 Å². The van der Waals surface area contributed by atoms with Crippen molar-refractivity contribution < 1.29 is 9.47 Å². The number of nitrogens with zero attached hydrogens (tertiary/aromatic N) is 2. The van der Waals surface area contributed by atoms with Crippen LogP contribution in [0.25, 0.3) is 88.4 Å². The first-order chi connectivity index (χ1) is 33.2. The molecule has 0 saturated carbocycles. The predicted octanol–water partition coefficient (Wildman–Crippen LogP) is 13.4. The summed E-state index contributed by atoms with van der Waals surface area (Å²) in [5, 5.41) is 5.01. The quantitative estimate of drug-likeness (QED) is 0.165. The largest absolute Gasteiger partial charge is 0.458 e. The molecule has 10 aromatic carbocycles. The van der Waals surface area contributed by atoms with Gasteiger partial charge in [-0.1, -0.05) is 121 Å². The van der Waals surface area contributed by atoms with Gasteiger partial charge >= 0.3 is 0 Å². The Kier molecular flexibility index (Phi) is 6.97. The molecule has 2 aromatic heterocycles. The molecule has 0 bridgehead atoms. The van der Waals surface area contributed by atoms with Crippen LogP contribution in [0.4, 0.5) is 0 Å². The van der Waals surface area contributed by atoms with Crippen LogP contribution in [-0.4, -0.2) is 15.8 Å². The van der Waals surface area contributed by atoms with E-state index in [2.05, 4.69) is 209 Å². The number of benzene rings is 10. The van der Waals surface area contributed by atoms with E-state index < -0.39 is 0 Å². The molecule has 67 heavy (non-hydrogen) atoms. The third-order valence-electron chi connectivity index (χ3n) is 15.3. The summed E-state index contributed by atoms with van der Waals surface area (Å²) in [6.07, 6.45) is 1.71. The van der Waals surface area contributed by atoms with E-state index in [4.69, 9.17) is 9.47 Å². The first-order valence-electron chi connectivity index (χ1n) is 23.4. The summed E-state index contributed by atoms with van der Waals surface area (Å²) < 4.78 is 18.6. The Hall–Kier alpha value is -8.54. The van der Waals surface area contributed by atoms with Crippen LogP contribution in [0.15, 0.2) is 200 Å². The Labute approximate surface area is 386 Å². The highest BCUT2D eigenvalue weighted by Crippen LogP contribution is 2.48. The van der Waals surface area contributed by atoms with Crippen molar-refractivity contribution >= 4 is 66.7 Å². The van der Waals surface area contributed by atoms with Crippen molar-refractivity contribution in [1.29, 1.82) is 0 Å². The van der Waals surface area contributed by atoms with Gasteiger partial charge in [0.1, 0.15) is 23.0 Å². The number of hydrogen-bond acceptors (Lipinski definition) is 2. The Morgan fingerprint density at radius 1 is 0.343 bits per heavy atom. The first kappa shape index (κ1) is 35.8. The van der Waals surface area contributed by atoms with Crippen LogP contribution in [0.5, 0.6) is 23.0 Å². The van der Waals surface area contributed by atoms with E-state index in [1.807, 2.05) is 0 Å². The fraction of sp³-hybridized carbons (Fsp3) is 0.0323. The summed E-state index contributed by atoms with van der Waals surface area (Å²) in [5.41, 5.74) is 23.6. The number of rotatable bonds is 4. The number of para-hydroxylation sites is 3. The lowest BCUT2D eigenvalue weighted by Crippen LogP contribution is -2.61. The maximum absolute atomic E-state index is 6.85. The minimum absolute atomic E-state index is 0.111. The molecule has 0 amide bonds. The molecule has 310 valence electrons. The van der Waals surface area contributed by atoms with E-state index in [-0.39, 0.29) is 6.71 Å². The second-order valence-corrected chi connectivity index (χ2v) is 18.7. The zero-order chi connectivity index (χ0) is 43.5. The molecule has 0 unspecified atom stereocenters.